The van der Waals surface area contributed by atoms with E-state index < -0.39 is 6.10 Å². The van der Waals surface area contributed by atoms with Gasteiger partial charge in [0.25, 0.3) is 0 Å². The van der Waals surface area contributed by atoms with Crippen molar-refractivity contribution < 1.29 is 28.6 Å². The average molecular weight is 1040 g/mol. The molecule has 422 valence electrons. The zero-order chi connectivity index (χ0) is 54.3. The Hall–Kier alpha value is -4.71. The van der Waals surface area contributed by atoms with Crippen LogP contribution >= 0.6 is 0 Å². The Morgan fingerprint density at radius 2 is 0.520 bits per heavy atom. The fourth-order valence-corrected chi connectivity index (χ4v) is 7.82. The molecule has 0 heterocycles. The first-order valence-corrected chi connectivity index (χ1v) is 30.3. The van der Waals surface area contributed by atoms with Crippen molar-refractivity contribution in [1.82, 2.24) is 0 Å². The molecule has 6 nitrogen and oxygen atoms in total. The molecule has 6 heteroatoms. The van der Waals surface area contributed by atoms with Crippen LogP contribution in [-0.2, 0) is 28.6 Å². The summed E-state index contributed by atoms with van der Waals surface area (Å²) in [6.45, 7) is 6.35. The predicted octanol–water partition coefficient (Wildman–Crippen LogP) is 20.8. The van der Waals surface area contributed by atoms with Crippen molar-refractivity contribution in [3.63, 3.8) is 0 Å². The zero-order valence-electron chi connectivity index (χ0n) is 48.3. The lowest BCUT2D eigenvalue weighted by Gasteiger charge is -2.18. The monoisotopic (exact) mass is 1030 g/mol. The summed E-state index contributed by atoms with van der Waals surface area (Å²) < 4.78 is 16.8. The van der Waals surface area contributed by atoms with Gasteiger partial charge in [-0.2, -0.15) is 0 Å². The van der Waals surface area contributed by atoms with E-state index >= 15 is 0 Å². The molecule has 75 heavy (non-hydrogen) atoms. The van der Waals surface area contributed by atoms with Gasteiger partial charge in [-0.3, -0.25) is 14.4 Å². The minimum atomic E-state index is -0.816. The highest BCUT2D eigenvalue weighted by atomic mass is 16.6. The normalized spacial score (nSPS) is 13.2. The maximum absolute atomic E-state index is 12.9. The molecule has 0 aromatic rings. The van der Waals surface area contributed by atoms with Crippen LogP contribution in [0.3, 0.4) is 0 Å². The van der Waals surface area contributed by atoms with Crippen LogP contribution in [0.2, 0.25) is 0 Å². The van der Waals surface area contributed by atoms with E-state index in [9.17, 15) is 14.4 Å². The third-order valence-electron chi connectivity index (χ3n) is 12.3. The van der Waals surface area contributed by atoms with Gasteiger partial charge < -0.3 is 14.2 Å². The Bertz CT molecular complexity index is 1660. The first-order valence-electron chi connectivity index (χ1n) is 30.3. The summed E-state index contributed by atoms with van der Waals surface area (Å²) >= 11 is 0. The molecule has 0 fully saturated rings. The van der Waals surface area contributed by atoms with E-state index in [1.165, 1.54) is 51.4 Å². The Balaban J connectivity index is 4.51. The van der Waals surface area contributed by atoms with Crippen LogP contribution in [0, 0.1) is 0 Å². The first-order chi connectivity index (χ1) is 37.0. The molecular formula is C69H110O6. The fourth-order valence-electron chi connectivity index (χ4n) is 7.82. The number of carbonyl (C=O) groups is 3. The SMILES string of the molecule is CC/C=C\C/C=C\C/C=C\C/C=C\C/C=C\C/C=C\C/C=C\CCCCCC(=O)OCC(COC(=O)CCCCCCC/C=C\CCCCCCCC)OC(=O)CCCCCC/C=C\C/C=C\C/C=C\C/C=C\CC. The van der Waals surface area contributed by atoms with Crippen molar-refractivity contribution in [2.45, 2.75) is 258 Å². The van der Waals surface area contributed by atoms with Crippen LogP contribution in [0.25, 0.3) is 0 Å². The van der Waals surface area contributed by atoms with Crippen LogP contribution < -0.4 is 0 Å². The average Bonchev–Trinajstić information content (AvgIpc) is 3.41. The van der Waals surface area contributed by atoms with E-state index in [4.69, 9.17) is 14.2 Å². The lowest BCUT2D eigenvalue weighted by Crippen LogP contribution is -2.30. The van der Waals surface area contributed by atoms with Crippen LogP contribution in [0.1, 0.15) is 252 Å². The molecule has 0 radical (unpaired) electrons. The van der Waals surface area contributed by atoms with E-state index in [1.807, 2.05) is 0 Å². The molecule has 0 amide bonds. The maximum Gasteiger partial charge on any atom is 0.306 e. The summed E-state index contributed by atoms with van der Waals surface area (Å²) in [6.07, 6.45) is 88.4. The summed E-state index contributed by atoms with van der Waals surface area (Å²) in [4.78, 5) is 38.2. The van der Waals surface area contributed by atoms with Crippen LogP contribution in [-0.4, -0.2) is 37.2 Å². The van der Waals surface area contributed by atoms with Gasteiger partial charge in [0.2, 0.25) is 0 Å². The fraction of sp³-hybridized carbons (Fsp3) is 0.609. The van der Waals surface area contributed by atoms with Crippen molar-refractivity contribution in [3.8, 4) is 0 Å². The molecule has 0 aromatic heterocycles. The van der Waals surface area contributed by atoms with E-state index in [0.717, 1.165) is 161 Å². The Kier molecular flexibility index (Phi) is 58.0. The molecule has 0 aliphatic rings. The highest BCUT2D eigenvalue weighted by Gasteiger charge is 2.19. The maximum atomic E-state index is 12.9. The number of hydrogen-bond acceptors (Lipinski definition) is 6. The molecule has 0 rings (SSSR count). The second-order valence-electron chi connectivity index (χ2n) is 19.5. The molecule has 0 bridgehead atoms. The lowest BCUT2D eigenvalue weighted by molar-refractivity contribution is -0.167. The van der Waals surface area contributed by atoms with Crippen molar-refractivity contribution in [2.75, 3.05) is 13.2 Å². The Labute approximate surface area is 461 Å². The van der Waals surface area contributed by atoms with Crippen molar-refractivity contribution >= 4 is 17.9 Å². The number of hydrogen-bond donors (Lipinski definition) is 0. The summed E-state index contributed by atoms with van der Waals surface area (Å²) in [6, 6.07) is 0. The molecule has 0 aliphatic carbocycles. The molecule has 0 N–H and O–H groups in total. The van der Waals surface area contributed by atoms with Crippen molar-refractivity contribution in [3.05, 3.63) is 146 Å². The van der Waals surface area contributed by atoms with Crippen molar-refractivity contribution in [2.24, 2.45) is 0 Å². The molecule has 0 spiro atoms. The predicted molar refractivity (Wildman–Crippen MR) is 325 cm³/mol. The number of carbonyl (C=O) groups excluding carboxylic acids is 3. The summed E-state index contributed by atoms with van der Waals surface area (Å²) in [5.74, 6) is -0.978. The van der Waals surface area contributed by atoms with Gasteiger partial charge >= 0.3 is 17.9 Å². The van der Waals surface area contributed by atoms with E-state index in [2.05, 4.69) is 167 Å². The van der Waals surface area contributed by atoms with Crippen LogP contribution in [0.5, 0.6) is 0 Å². The number of ether oxygens (including phenoxy) is 3. The zero-order valence-corrected chi connectivity index (χ0v) is 48.3. The third-order valence-corrected chi connectivity index (χ3v) is 12.3. The first kappa shape index (κ1) is 70.3. The second-order valence-corrected chi connectivity index (χ2v) is 19.5. The Morgan fingerprint density at radius 1 is 0.280 bits per heavy atom. The molecular weight excluding hydrogens is 925 g/mol. The number of rotatable bonds is 53. The molecule has 0 saturated carbocycles. The molecule has 1 atom stereocenters. The van der Waals surface area contributed by atoms with Crippen LogP contribution in [0.4, 0.5) is 0 Å². The van der Waals surface area contributed by atoms with Gasteiger partial charge in [-0.15, -0.1) is 0 Å². The third kappa shape index (κ3) is 60.0. The van der Waals surface area contributed by atoms with Gasteiger partial charge in [-0.05, 0) is 141 Å². The molecule has 0 saturated heterocycles. The second kappa shape index (κ2) is 61.8. The smallest absolute Gasteiger partial charge is 0.306 e. The largest absolute Gasteiger partial charge is 0.462 e. The van der Waals surface area contributed by atoms with Gasteiger partial charge in [0, 0.05) is 19.3 Å². The van der Waals surface area contributed by atoms with E-state index in [0.29, 0.717) is 12.8 Å². The topological polar surface area (TPSA) is 78.9 Å². The van der Waals surface area contributed by atoms with Crippen LogP contribution in [0.15, 0.2) is 146 Å². The van der Waals surface area contributed by atoms with Gasteiger partial charge in [0.15, 0.2) is 6.10 Å². The summed E-state index contributed by atoms with van der Waals surface area (Å²) in [5.41, 5.74) is 0. The van der Waals surface area contributed by atoms with Gasteiger partial charge in [-0.25, -0.2) is 0 Å². The number of esters is 3. The summed E-state index contributed by atoms with van der Waals surface area (Å²) in [5, 5.41) is 0. The van der Waals surface area contributed by atoms with Gasteiger partial charge in [0.1, 0.15) is 13.2 Å². The molecule has 0 aromatic carbocycles. The Morgan fingerprint density at radius 3 is 0.840 bits per heavy atom. The number of unbranched alkanes of at least 4 members (excludes halogenated alkanes) is 18. The summed E-state index contributed by atoms with van der Waals surface area (Å²) in [7, 11) is 0. The number of allylic oxidation sites excluding steroid dienone is 24. The molecule has 0 aliphatic heterocycles. The lowest BCUT2D eigenvalue weighted by atomic mass is 10.1. The van der Waals surface area contributed by atoms with E-state index in [1.54, 1.807) is 0 Å². The van der Waals surface area contributed by atoms with E-state index in [-0.39, 0.29) is 37.5 Å². The van der Waals surface area contributed by atoms with Crippen molar-refractivity contribution in [1.29, 1.82) is 0 Å². The minimum Gasteiger partial charge on any atom is -0.462 e. The quantitative estimate of drug-likeness (QED) is 0.0261. The highest BCUT2D eigenvalue weighted by molar-refractivity contribution is 5.71. The molecule has 1 unspecified atom stereocenters. The standard InChI is InChI=1S/C69H110O6/c1-4-7-10-13-16-19-22-25-28-30-31-32-33-34-35-36-37-39-41-44-47-50-53-56-59-62-68(71)74-65-66(64-73-67(70)61-58-55-52-49-46-43-40-27-24-21-18-15-12-9-6-3)75-69(72)63-60-57-54-51-48-45-42-38-29-26-23-20-17-14-11-8-5-2/h7-8,10-11,16-17,19-20,25-29,31-32,34-35,37,39-40,42,44-45,47,66H,4-6,9,12-15,18,21-24,30,33,36,38,41,43,46,48-65H2,1-3H3/b10-7-,11-8-,19-16-,20-17-,28-25-,29-26-,32-31-,35-34-,39-37-,40-27-,45-42-,47-44-. The highest BCUT2D eigenvalue weighted by Crippen LogP contribution is 2.13. The van der Waals surface area contributed by atoms with Gasteiger partial charge in [0.05, 0.1) is 0 Å². The minimum absolute atomic E-state index is 0.108. The van der Waals surface area contributed by atoms with Gasteiger partial charge in [-0.1, -0.05) is 237 Å².